The second-order valence-electron chi connectivity index (χ2n) is 12.0. The van der Waals surface area contributed by atoms with Crippen LogP contribution >= 0.6 is 0 Å². The van der Waals surface area contributed by atoms with Crippen LogP contribution in [0.15, 0.2) is 84.9 Å². The quantitative estimate of drug-likeness (QED) is 0.205. The first-order chi connectivity index (χ1) is 22.2. The van der Waals surface area contributed by atoms with Crippen molar-refractivity contribution < 1.29 is 28.7 Å². The van der Waals surface area contributed by atoms with Gasteiger partial charge in [-0.05, 0) is 57.4 Å². The number of carbonyl (C=O) groups is 4. The van der Waals surface area contributed by atoms with Gasteiger partial charge in [-0.2, -0.15) is 0 Å². The molecule has 3 aromatic carbocycles. The van der Waals surface area contributed by atoms with Crippen LogP contribution in [0.2, 0.25) is 0 Å². The number of rotatable bonds is 10. The van der Waals surface area contributed by atoms with Gasteiger partial charge >= 0.3 is 11.9 Å². The van der Waals surface area contributed by atoms with E-state index in [4.69, 9.17) is 9.47 Å². The first-order valence-electron chi connectivity index (χ1n) is 15.8. The van der Waals surface area contributed by atoms with Crippen molar-refractivity contribution in [2.75, 3.05) is 0 Å². The molecule has 2 aliphatic heterocycles. The molecule has 8 nitrogen and oxygen atoms in total. The van der Waals surface area contributed by atoms with E-state index >= 15 is 0 Å². The Hall–Kier alpha value is -4.98. The maximum atomic E-state index is 12.9. The van der Waals surface area contributed by atoms with Crippen molar-refractivity contribution >= 4 is 34.9 Å². The zero-order valence-corrected chi connectivity index (χ0v) is 26.7. The topological polar surface area (TPSA) is 111 Å². The number of benzene rings is 3. The molecule has 0 saturated heterocycles. The Morgan fingerprint density at radius 2 is 0.978 bits per heavy atom. The molecule has 0 bridgehead atoms. The first kappa shape index (κ1) is 32.4. The fourth-order valence-electron chi connectivity index (χ4n) is 5.88. The third-order valence-corrected chi connectivity index (χ3v) is 8.97. The number of hydrogen-bond acceptors (Lipinski definition) is 6. The molecule has 238 valence electrons. The fourth-order valence-corrected chi connectivity index (χ4v) is 5.88. The van der Waals surface area contributed by atoms with E-state index in [1.54, 1.807) is 24.3 Å². The number of ether oxygens (including phenoxy) is 2. The van der Waals surface area contributed by atoms with Crippen molar-refractivity contribution in [1.82, 2.24) is 10.6 Å². The third kappa shape index (κ3) is 7.12. The fraction of sp³-hybridized carbons (Fsp3) is 0.316. The molecule has 8 heteroatoms. The van der Waals surface area contributed by atoms with Crippen LogP contribution in [0.5, 0.6) is 0 Å². The summed E-state index contributed by atoms with van der Waals surface area (Å²) in [6, 6.07) is 21.3. The molecule has 2 N–H and O–H groups in total. The van der Waals surface area contributed by atoms with Gasteiger partial charge in [-0.1, -0.05) is 101 Å². The molecule has 4 atom stereocenters. The van der Waals surface area contributed by atoms with Crippen molar-refractivity contribution in [3.05, 3.63) is 118 Å². The van der Waals surface area contributed by atoms with Crippen LogP contribution in [0.4, 0.5) is 0 Å². The van der Waals surface area contributed by atoms with Gasteiger partial charge < -0.3 is 20.1 Å². The Morgan fingerprint density at radius 1 is 0.630 bits per heavy atom. The highest BCUT2D eigenvalue weighted by molar-refractivity contribution is 6.07. The van der Waals surface area contributed by atoms with E-state index in [1.807, 2.05) is 62.4 Å². The van der Waals surface area contributed by atoms with E-state index in [0.717, 1.165) is 46.2 Å². The minimum Gasteiger partial charge on any atom is -0.458 e. The molecule has 0 fully saturated rings. The lowest BCUT2D eigenvalue weighted by Gasteiger charge is -2.32. The average Bonchev–Trinajstić information content (AvgIpc) is 3.08. The van der Waals surface area contributed by atoms with Gasteiger partial charge in [-0.25, -0.2) is 9.59 Å². The lowest BCUT2D eigenvalue weighted by atomic mass is 9.82. The lowest BCUT2D eigenvalue weighted by Crippen LogP contribution is -2.44. The Labute approximate surface area is 269 Å². The van der Waals surface area contributed by atoms with Crippen LogP contribution in [0.1, 0.15) is 83.5 Å². The van der Waals surface area contributed by atoms with Crippen molar-refractivity contribution in [3.8, 4) is 0 Å². The molecule has 0 aromatic heterocycles. The van der Waals surface area contributed by atoms with Gasteiger partial charge in [0.2, 0.25) is 0 Å². The second-order valence-corrected chi connectivity index (χ2v) is 12.0. The molecule has 0 spiro atoms. The Balaban J connectivity index is 1.21. The predicted octanol–water partition coefficient (Wildman–Crippen LogP) is 6.26. The highest BCUT2D eigenvalue weighted by Crippen LogP contribution is 2.33. The van der Waals surface area contributed by atoms with Crippen LogP contribution in [-0.2, 0) is 32.3 Å². The van der Waals surface area contributed by atoms with E-state index in [-0.39, 0.29) is 48.9 Å². The molecule has 2 aliphatic rings. The smallest absolute Gasteiger partial charge is 0.331 e. The summed E-state index contributed by atoms with van der Waals surface area (Å²) in [5.41, 5.74) is 5.63. The predicted molar refractivity (Wildman–Crippen MR) is 176 cm³/mol. The standard InChI is InChI=1S/C38H40N2O6/c1-5-23(3)35-31(27-11-7-9-13-29(27)37(43)39-35)19-33(41)45-21-25-15-17-26(18-16-25)22-46-34(42)20-32-28-12-8-10-14-30(28)38(44)40-36(32)24(4)6-2/h7-20,23-24,35-36H,5-6,21-22H2,1-4H3,(H,39,43)(H,40,44)/t23-,24-,35-,36-/m0/s1. The van der Waals surface area contributed by atoms with Crippen molar-refractivity contribution in [2.24, 2.45) is 11.8 Å². The third-order valence-electron chi connectivity index (χ3n) is 8.97. The van der Waals surface area contributed by atoms with Gasteiger partial charge in [0.05, 0.1) is 12.1 Å². The molecule has 3 aromatic rings. The molecule has 2 heterocycles. The van der Waals surface area contributed by atoms with Crippen molar-refractivity contribution in [3.63, 3.8) is 0 Å². The lowest BCUT2D eigenvalue weighted by molar-refractivity contribution is -0.139. The maximum Gasteiger partial charge on any atom is 0.331 e. The number of nitrogens with one attached hydrogen (secondary N) is 2. The van der Waals surface area contributed by atoms with Crippen molar-refractivity contribution in [1.29, 1.82) is 0 Å². The van der Waals surface area contributed by atoms with Gasteiger partial charge in [0.15, 0.2) is 0 Å². The molecular weight excluding hydrogens is 580 g/mol. The van der Waals surface area contributed by atoms with Crippen LogP contribution in [0.25, 0.3) is 11.1 Å². The van der Waals surface area contributed by atoms with Gasteiger partial charge in [0.25, 0.3) is 11.8 Å². The molecule has 2 amide bonds. The van der Waals surface area contributed by atoms with Gasteiger partial charge in [0.1, 0.15) is 13.2 Å². The average molecular weight is 621 g/mol. The molecular formula is C38H40N2O6. The molecule has 0 aliphatic carbocycles. The zero-order valence-electron chi connectivity index (χ0n) is 26.7. The summed E-state index contributed by atoms with van der Waals surface area (Å²) in [6.07, 6.45) is 4.64. The summed E-state index contributed by atoms with van der Waals surface area (Å²) in [6.45, 7) is 8.33. The van der Waals surface area contributed by atoms with Crippen LogP contribution < -0.4 is 10.6 Å². The first-order valence-corrected chi connectivity index (χ1v) is 15.8. The van der Waals surface area contributed by atoms with E-state index in [9.17, 15) is 19.2 Å². The normalized spacial score (nSPS) is 20.2. The number of carbonyl (C=O) groups excluding carboxylic acids is 4. The Kier molecular flexibility index (Phi) is 10.2. The van der Waals surface area contributed by atoms with E-state index in [1.165, 1.54) is 12.2 Å². The van der Waals surface area contributed by atoms with Crippen molar-refractivity contribution in [2.45, 2.75) is 65.8 Å². The number of fused-ring (bicyclic) bond motifs is 2. The second kappa shape index (κ2) is 14.4. The van der Waals surface area contributed by atoms with Crippen LogP contribution in [0.3, 0.4) is 0 Å². The molecule has 0 radical (unpaired) electrons. The van der Waals surface area contributed by atoms with Gasteiger partial charge in [-0.15, -0.1) is 0 Å². The summed E-state index contributed by atoms with van der Waals surface area (Å²) in [5, 5.41) is 6.09. The number of esters is 2. The molecule has 0 unspecified atom stereocenters. The monoisotopic (exact) mass is 620 g/mol. The summed E-state index contributed by atoms with van der Waals surface area (Å²) >= 11 is 0. The van der Waals surface area contributed by atoms with Gasteiger partial charge in [-0.3, -0.25) is 9.59 Å². The SMILES string of the molecule is CC[C@H](C)[C@@H]1NC(=O)c2ccccc2C1=CC(=O)OCc1ccc(COC(=O)C=C2c3ccccc3C(=O)N[C@H]2[C@@H](C)CC)cc1. The van der Waals surface area contributed by atoms with E-state index in [0.29, 0.717) is 11.1 Å². The summed E-state index contributed by atoms with van der Waals surface area (Å²) in [4.78, 5) is 51.2. The van der Waals surface area contributed by atoms with E-state index < -0.39 is 11.9 Å². The van der Waals surface area contributed by atoms with E-state index in [2.05, 4.69) is 24.5 Å². The summed E-state index contributed by atoms with van der Waals surface area (Å²) in [7, 11) is 0. The highest BCUT2D eigenvalue weighted by atomic mass is 16.5. The minimum absolute atomic E-state index is 0.0684. The Bertz CT molecular complexity index is 1560. The summed E-state index contributed by atoms with van der Waals surface area (Å²) in [5.74, 6) is -0.994. The number of amides is 2. The molecule has 5 rings (SSSR count). The largest absolute Gasteiger partial charge is 0.458 e. The zero-order chi connectivity index (χ0) is 32.8. The van der Waals surface area contributed by atoms with Gasteiger partial charge in [0, 0.05) is 23.3 Å². The summed E-state index contributed by atoms with van der Waals surface area (Å²) < 4.78 is 11.2. The molecule has 0 saturated carbocycles. The molecule has 46 heavy (non-hydrogen) atoms. The van der Waals surface area contributed by atoms with Crippen LogP contribution in [-0.4, -0.2) is 35.8 Å². The highest BCUT2D eigenvalue weighted by Gasteiger charge is 2.33. The maximum absolute atomic E-state index is 12.9. The Morgan fingerprint density at radius 3 is 1.33 bits per heavy atom. The van der Waals surface area contributed by atoms with Crippen LogP contribution in [0, 0.1) is 11.8 Å². The number of hydrogen-bond donors (Lipinski definition) is 2. The minimum atomic E-state index is -0.489.